The molecule has 0 bridgehead atoms. The highest BCUT2D eigenvalue weighted by Crippen LogP contribution is 2.44. The van der Waals surface area contributed by atoms with Gasteiger partial charge in [0.25, 0.3) is 0 Å². The zero-order chi connectivity index (χ0) is 11.9. The van der Waals surface area contributed by atoms with E-state index in [1.165, 1.54) is 0 Å². The lowest BCUT2D eigenvalue weighted by atomic mass is 9.74. The van der Waals surface area contributed by atoms with Gasteiger partial charge in [-0.3, -0.25) is 4.79 Å². The Morgan fingerprint density at radius 2 is 2.06 bits per heavy atom. The molecule has 1 aromatic carbocycles. The summed E-state index contributed by atoms with van der Waals surface area (Å²) < 4.78 is 5.19. The fourth-order valence-corrected chi connectivity index (χ4v) is 2.89. The third-order valence-corrected chi connectivity index (χ3v) is 3.88. The molecular weight excluding hydrogens is 216 g/mol. The minimum Gasteiger partial charge on any atom is -0.497 e. The van der Waals surface area contributed by atoms with Crippen LogP contribution < -0.4 is 15.4 Å². The Morgan fingerprint density at radius 1 is 1.29 bits per heavy atom. The lowest BCUT2D eigenvalue weighted by Gasteiger charge is -2.31. The molecule has 2 aliphatic rings. The Bertz CT molecular complexity index is 464. The van der Waals surface area contributed by atoms with Gasteiger partial charge in [-0.25, -0.2) is 0 Å². The molecule has 1 amide bonds. The third kappa shape index (κ3) is 1.44. The fraction of sp³-hybridized carbons (Fsp3) is 0.462. The second-order valence-electron chi connectivity index (χ2n) is 4.70. The molecule has 0 aromatic heterocycles. The zero-order valence-electron chi connectivity index (χ0n) is 9.88. The van der Waals surface area contributed by atoms with Crippen LogP contribution in [0.4, 0.5) is 5.69 Å². The SMILES string of the molecule is COc1ccc2c(c1)NC(=O)C21CCNCC1. The van der Waals surface area contributed by atoms with Gasteiger partial charge in [0, 0.05) is 11.8 Å². The van der Waals surface area contributed by atoms with Crippen molar-refractivity contribution in [3.8, 4) is 5.75 Å². The van der Waals surface area contributed by atoms with Gasteiger partial charge in [0.05, 0.1) is 12.5 Å². The monoisotopic (exact) mass is 232 g/mol. The largest absolute Gasteiger partial charge is 0.497 e. The van der Waals surface area contributed by atoms with Gasteiger partial charge in [0.15, 0.2) is 0 Å². The molecule has 4 nitrogen and oxygen atoms in total. The Kier molecular flexibility index (Phi) is 2.33. The van der Waals surface area contributed by atoms with Crippen molar-refractivity contribution in [2.24, 2.45) is 0 Å². The Hall–Kier alpha value is -1.55. The van der Waals surface area contributed by atoms with E-state index in [0.29, 0.717) is 0 Å². The average Bonchev–Trinajstić information content (AvgIpc) is 2.63. The molecule has 1 fully saturated rings. The smallest absolute Gasteiger partial charge is 0.235 e. The highest BCUT2D eigenvalue weighted by molar-refractivity contribution is 6.06. The molecule has 0 atom stereocenters. The van der Waals surface area contributed by atoms with E-state index in [9.17, 15) is 4.79 Å². The van der Waals surface area contributed by atoms with E-state index in [1.807, 2.05) is 18.2 Å². The van der Waals surface area contributed by atoms with Crippen molar-refractivity contribution in [3.63, 3.8) is 0 Å². The summed E-state index contributed by atoms with van der Waals surface area (Å²) >= 11 is 0. The normalized spacial score (nSPS) is 21.1. The maximum atomic E-state index is 12.2. The van der Waals surface area contributed by atoms with E-state index in [4.69, 9.17) is 4.74 Å². The van der Waals surface area contributed by atoms with Gasteiger partial charge in [-0.05, 0) is 37.6 Å². The molecule has 0 saturated carbocycles. The number of piperidine rings is 1. The predicted molar refractivity (Wildman–Crippen MR) is 65.4 cm³/mol. The molecule has 3 rings (SSSR count). The number of benzene rings is 1. The predicted octanol–water partition coefficient (Wildman–Crippen LogP) is 1.27. The number of hydrogen-bond acceptors (Lipinski definition) is 3. The average molecular weight is 232 g/mol. The summed E-state index contributed by atoms with van der Waals surface area (Å²) in [6.07, 6.45) is 1.75. The van der Waals surface area contributed by atoms with Crippen molar-refractivity contribution in [1.29, 1.82) is 0 Å². The van der Waals surface area contributed by atoms with Crippen LogP contribution >= 0.6 is 0 Å². The van der Waals surface area contributed by atoms with E-state index < -0.39 is 0 Å². The first-order valence-corrected chi connectivity index (χ1v) is 5.97. The van der Waals surface area contributed by atoms with Crippen LogP contribution in [0.2, 0.25) is 0 Å². The van der Waals surface area contributed by atoms with Crippen LogP contribution in [-0.4, -0.2) is 26.1 Å². The summed E-state index contributed by atoms with van der Waals surface area (Å²) in [5.74, 6) is 0.928. The van der Waals surface area contributed by atoms with E-state index >= 15 is 0 Å². The van der Waals surface area contributed by atoms with Gasteiger partial charge in [-0.15, -0.1) is 0 Å². The van der Waals surface area contributed by atoms with Crippen molar-refractivity contribution >= 4 is 11.6 Å². The number of carbonyl (C=O) groups is 1. The topological polar surface area (TPSA) is 50.4 Å². The molecule has 2 aliphatic heterocycles. The van der Waals surface area contributed by atoms with Gasteiger partial charge in [0.2, 0.25) is 5.91 Å². The first kappa shape index (κ1) is 10.6. The van der Waals surface area contributed by atoms with Crippen molar-refractivity contribution in [2.45, 2.75) is 18.3 Å². The molecule has 2 N–H and O–H groups in total. The number of rotatable bonds is 1. The summed E-state index contributed by atoms with van der Waals surface area (Å²) in [5.41, 5.74) is 1.73. The van der Waals surface area contributed by atoms with Crippen LogP contribution in [0.15, 0.2) is 18.2 Å². The van der Waals surface area contributed by atoms with Crippen molar-refractivity contribution in [2.75, 3.05) is 25.5 Å². The molecule has 1 saturated heterocycles. The molecule has 0 aliphatic carbocycles. The molecule has 0 radical (unpaired) electrons. The van der Waals surface area contributed by atoms with Crippen molar-refractivity contribution in [1.82, 2.24) is 5.32 Å². The molecule has 2 heterocycles. The maximum absolute atomic E-state index is 12.2. The lowest BCUT2D eigenvalue weighted by molar-refractivity contribution is -0.121. The molecular formula is C13H16N2O2. The Labute approximate surface area is 100 Å². The van der Waals surface area contributed by atoms with E-state index in [1.54, 1.807) is 7.11 Å². The van der Waals surface area contributed by atoms with E-state index in [2.05, 4.69) is 10.6 Å². The second kappa shape index (κ2) is 3.74. The van der Waals surface area contributed by atoms with Gasteiger partial charge >= 0.3 is 0 Å². The molecule has 90 valence electrons. The number of fused-ring (bicyclic) bond motifs is 2. The Balaban J connectivity index is 2.07. The number of anilines is 1. The van der Waals surface area contributed by atoms with Crippen molar-refractivity contribution in [3.05, 3.63) is 23.8 Å². The summed E-state index contributed by atoms with van der Waals surface area (Å²) in [4.78, 5) is 12.2. The summed E-state index contributed by atoms with van der Waals surface area (Å²) in [6, 6.07) is 5.87. The van der Waals surface area contributed by atoms with Crippen LogP contribution in [0.1, 0.15) is 18.4 Å². The fourth-order valence-electron chi connectivity index (χ4n) is 2.89. The van der Waals surface area contributed by atoms with Crippen LogP contribution in [0.5, 0.6) is 5.75 Å². The highest BCUT2D eigenvalue weighted by Gasteiger charge is 2.47. The van der Waals surface area contributed by atoms with E-state index in [-0.39, 0.29) is 11.3 Å². The number of methoxy groups -OCH3 is 1. The molecule has 1 aromatic rings. The number of ether oxygens (including phenoxy) is 1. The second-order valence-corrected chi connectivity index (χ2v) is 4.70. The van der Waals surface area contributed by atoms with Gasteiger partial charge in [0.1, 0.15) is 5.75 Å². The number of carbonyl (C=O) groups excluding carboxylic acids is 1. The van der Waals surface area contributed by atoms with Crippen LogP contribution in [0.3, 0.4) is 0 Å². The van der Waals surface area contributed by atoms with Crippen molar-refractivity contribution < 1.29 is 9.53 Å². The van der Waals surface area contributed by atoms with Gasteiger partial charge in [-0.1, -0.05) is 6.07 Å². The van der Waals surface area contributed by atoms with Crippen LogP contribution in [0.25, 0.3) is 0 Å². The van der Waals surface area contributed by atoms with E-state index in [0.717, 1.165) is 42.9 Å². The lowest BCUT2D eigenvalue weighted by Crippen LogP contribution is -2.44. The summed E-state index contributed by atoms with van der Waals surface area (Å²) in [5, 5.41) is 6.29. The maximum Gasteiger partial charge on any atom is 0.235 e. The third-order valence-electron chi connectivity index (χ3n) is 3.88. The zero-order valence-corrected chi connectivity index (χ0v) is 9.88. The molecule has 1 spiro atoms. The first-order chi connectivity index (χ1) is 8.26. The first-order valence-electron chi connectivity index (χ1n) is 5.97. The minimum absolute atomic E-state index is 0.141. The van der Waals surface area contributed by atoms with Gasteiger partial charge < -0.3 is 15.4 Å². The highest BCUT2D eigenvalue weighted by atomic mass is 16.5. The van der Waals surface area contributed by atoms with Crippen LogP contribution in [0, 0.1) is 0 Å². The molecule has 0 unspecified atom stereocenters. The Morgan fingerprint density at radius 3 is 2.76 bits per heavy atom. The standard InChI is InChI=1S/C13H16N2O2/c1-17-9-2-3-10-11(8-9)15-12(16)13(10)4-6-14-7-5-13/h2-3,8,14H,4-7H2,1H3,(H,15,16). The number of amides is 1. The molecule has 17 heavy (non-hydrogen) atoms. The number of hydrogen-bond donors (Lipinski definition) is 2. The van der Waals surface area contributed by atoms with Gasteiger partial charge in [-0.2, -0.15) is 0 Å². The van der Waals surface area contributed by atoms with Crippen LogP contribution in [-0.2, 0) is 10.2 Å². The molecule has 4 heteroatoms. The quantitative estimate of drug-likeness (QED) is 0.766. The number of nitrogens with one attached hydrogen (secondary N) is 2. The summed E-state index contributed by atoms with van der Waals surface area (Å²) in [6.45, 7) is 1.80. The summed E-state index contributed by atoms with van der Waals surface area (Å²) in [7, 11) is 1.64. The minimum atomic E-state index is -0.313.